The van der Waals surface area contributed by atoms with E-state index < -0.39 is 18.2 Å². The lowest BCUT2D eigenvalue weighted by Gasteiger charge is -2.24. The molecule has 0 aliphatic heterocycles. The highest BCUT2D eigenvalue weighted by molar-refractivity contribution is 8.01. The van der Waals surface area contributed by atoms with Gasteiger partial charge in [-0.05, 0) is 67.9 Å². The monoisotopic (exact) mass is 460 g/mol. The van der Waals surface area contributed by atoms with Crippen LogP contribution in [0.5, 0.6) is 0 Å². The summed E-state index contributed by atoms with van der Waals surface area (Å²) in [6, 6.07) is 16.2. The molecule has 3 nitrogen and oxygen atoms in total. The second kappa shape index (κ2) is 8.88. The summed E-state index contributed by atoms with van der Waals surface area (Å²) in [6.07, 6.45) is 0. The maximum absolute atomic E-state index is 14.7. The zero-order chi connectivity index (χ0) is 24.7. The lowest BCUT2D eigenvalue weighted by atomic mass is 9.84. The van der Waals surface area contributed by atoms with Crippen LogP contribution in [-0.4, -0.2) is 11.0 Å². The van der Waals surface area contributed by atoms with Crippen molar-refractivity contribution in [2.75, 3.05) is 0 Å². The summed E-state index contributed by atoms with van der Waals surface area (Å²) in [4.78, 5) is 28.1. The average molecular weight is 461 g/mol. The van der Waals surface area contributed by atoms with E-state index in [1.165, 1.54) is 0 Å². The molecule has 1 atom stereocenters. The van der Waals surface area contributed by atoms with Gasteiger partial charge in [-0.1, -0.05) is 80.9 Å². The van der Waals surface area contributed by atoms with Crippen LogP contribution < -0.4 is 5.30 Å². The number of carbonyl (C=O) groups is 2. The van der Waals surface area contributed by atoms with Crippen molar-refractivity contribution in [1.82, 2.24) is 0 Å². The number of carbonyl (C=O) groups excluding carboxylic acids is 2. The molecule has 0 N–H and O–H groups in total. The summed E-state index contributed by atoms with van der Waals surface area (Å²) in [7, 11) is -4.15. The molecule has 0 saturated heterocycles. The highest BCUT2D eigenvalue weighted by atomic mass is 31.2. The van der Waals surface area contributed by atoms with E-state index in [1.807, 2.05) is 58.9 Å². The van der Waals surface area contributed by atoms with Crippen LogP contribution in [0.1, 0.15) is 74.9 Å². The predicted molar refractivity (Wildman–Crippen MR) is 138 cm³/mol. The standard InChI is InChI=1S/C29H33O3P/c1-18-14-19(2)25(20(3)15-18)27(30)33(32,24-12-10-9-11-13-24)28(31)26-21(4)16-23(17-22(26)5)29(6,7)8/h9-17H,1-8H3. The van der Waals surface area contributed by atoms with E-state index in [-0.39, 0.29) is 10.7 Å². The Balaban J connectivity index is 2.29. The molecule has 0 spiro atoms. The summed E-state index contributed by atoms with van der Waals surface area (Å²) >= 11 is 0. The Labute approximate surface area is 197 Å². The molecule has 0 radical (unpaired) electrons. The normalized spacial score (nSPS) is 13.5. The Morgan fingerprint density at radius 1 is 0.667 bits per heavy atom. The van der Waals surface area contributed by atoms with Gasteiger partial charge in [-0.15, -0.1) is 0 Å². The van der Waals surface area contributed by atoms with Gasteiger partial charge in [0, 0.05) is 16.4 Å². The Morgan fingerprint density at radius 2 is 1.06 bits per heavy atom. The van der Waals surface area contributed by atoms with E-state index in [1.54, 1.807) is 30.3 Å². The van der Waals surface area contributed by atoms with Gasteiger partial charge in [-0.2, -0.15) is 0 Å². The van der Waals surface area contributed by atoms with E-state index in [2.05, 4.69) is 20.8 Å². The van der Waals surface area contributed by atoms with Crippen molar-refractivity contribution in [3.05, 3.63) is 99.1 Å². The molecule has 0 heterocycles. The van der Waals surface area contributed by atoms with Gasteiger partial charge in [0.15, 0.2) is 0 Å². The van der Waals surface area contributed by atoms with Crippen molar-refractivity contribution in [2.45, 2.75) is 60.8 Å². The summed E-state index contributed by atoms with van der Waals surface area (Å²) in [5.41, 5.74) is 4.56. The fourth-order valence-electron chi connectivity index (χ4n) is 4.53. The summed E-state index contributed by atoms with van der Waals surface area (Å²) in [5.74, 6) is 0. The van der Waals surface area contributed by atoms with E-state index >= 15 is 0 Å². The molecule has 4 heteroatoms. The molecule has 0 aliphatic carbocycles. The van der Waals surface area contributed by atoms with E-state index in [0.717, 1.165) is 33.4 Å². The van der Waals surface area contributed by atoms with Crippen molar-refractivity contribution in [3.63, 3.8) is 0 Å². The van der Waals surface area contributed by atoms with Crippen LogP contribution in [0.15, 0.2) is 54.6 Å². The van der Waals surface area contributed by atoms with Gasteiger partial charge in [0.25, 0.3) is 0 Å². The lowest BCUT2D eigenvalue weighted by molar-refractivity contribution is 0.104. The largest absolute Gasteiger partial charge is 0.302 e. The van der Waals surface area contributed by atoms with Crippen LogP contribution in [0.4, 0.5) is 0 Å². The molecule has 3 aromatic carbocycles. The molecule has 33 heavy (non-hydrogen) atoms. The minimum Gasteiger partial charge on any atom is -0.302 e. The van der Waals surface area contributed by atoms with E-state index in [4.69, 9.17) is 0 Å². The molecule has 0 aromatic heterocycles. The smallest absolute Gasteiger partial charge is 0.248 e. The van der Waals surface area contributed by atoms with Crippen LogP contribution in [0, 0.1) is 34.6 Å². The number of benzene rings is 3. The topological polar surface area (TPSA) is 51.2 Å². The van der Waals surface area contributed by atoms with Crippen LogP contribution in [-0.2, 0) is 9.98 Å². The predicted octanol–water partition coefficient (Wildman–Crippen LogP) is 7.20. The van der Waals surface area contributed by atoms with Crippen LogP contribution in [0.25, 0.3) is 0 Å². The third kappa shape index (κ3) is 4.52. The minimum atomic E-state index is -4.15. The zero-order valence-corrected chi connectivity index (χ0v) is 21.8. The quantitative estimate of drug-likeness (QED) is 0.379. The molecule has 1 unspecified atom stereocenters. The Kier molecular flexibility index (Phi) is 6.69. The highest BCUT2D eigenvalue weighted by Crippen LogP contribution is 2.52. The van der Waals surface area contributed by atoms with Crippen LogP contribution in [0.3, 0.4) is 0 Å². The second-order valence-corrected chi connectivity index (χ2v) is 12.6. The highest BCUT2D eigenvalue weighted by Gasteiger charge is 2.44. The Bertz CT molecular complexity index is 1250. The Hall–Kier alpha value is -2.77. The molecular weight excluding hydrogens is 427 g/mol. The van der Waals surface area contributed by atoms with Crippen LogP contribution >= 0.6 is 7.14 Å². The van der Waals surface area contributed by atoms with E-state index in [9.17, 15) is 14.2 Å². The molecule has 0 fully saturated rings. The van der Waals surface area contributed by atoms with Gasteiger partial charge in [-0.3, -0.25) is 9.59 Å². The number of rotatable bonds is 5. The van der Waals surface area contributed by atoms with Crippen LogP contribution in [0.2, 0.25) is 0 Å². The first-order valence-corrected chi connectivity index (χ1v) is 12.9. The first-order chi connectivity index (χ1) is 15.3. The van der Waals surface area contributed by atoms with Gasteiger partial charge in [0.1, 0.15) is 0 Å². The molecule has 0 aliphatic rings. The van der Waals surface area contributed by atoms with Crippen molar-refractivity contribution in [3.8, 4) is 0 Å². The first-order valence-electron chi connectivity index (χ1n) is 11.2. The number of hydrogen-bond donors (Lipinski definition) is 0. The Morgan fingerprint density at radius 3 is 1.45 bits per heavy atom. The molecule has 0 saturated carbocycles. The minimum absolute atomic E-state index is 0.0911. The lowest BCUT2D eigenvalue weighted by Crippen LogP contribution is -2.23. The first kappa shape index (κ1) is 24.9. The van der Waals surface area contributed by atoms with Crippen molar-refractivity contribution in [2.24, 2.45) is 0 Å². The van der Waals surface area contributed by atoms with Gasteiger partial charge < -0.3 is 4.57 Å². The van der Waals surface area contributed by atoms with E-state index in [0.29, 0.717) is 11.1 Å². The maximum atomic E-state index is 14.7. The fourth-order valence-corrected chi connectivity index (χ4v) is 7.11. The fraction of sp³-hybridized carbons (Fsp3) is 0.310. The van der Waals surface area contributed by atoms with Crippen molar-refractivity contribution >= 4 is 23.5 Å². The maximum Gasteiger partial charge on any atom is 0.248 e. The molecule has 172 valence electrons. The molecule has 0 amide bonds. The summed E-state index contributed by atoms with van der Waals surface area (Å²) < 4.78 is 14.7. The molecule has 3 rings (SSSR count). The molecule has 3 aromatic rings. The SMILES string of the molecule is Cc1cc(C)c(C(=O)P(=O)(C(=O)c2c(C)cc(C(C)(C)C)cc2C)c2ccccc2)c(C)c1. The number of aryl methyl sites for hydroxylation is 5. The second-order valence-electron chi connectivity index (χ2n) is 10.1. The third-order valence-corrected chi connectivity index (χ3v) is 8.81. The third-order valence-electron chi connectivity index (χ3n) is 6.20. The molecular formula is C29H33O3P. The zero-order valence-electron chi connectivity index (χ0n) is 20.9. The number of hydrogen-bond acceptors (Lipinski definition) is 3. The summed E-state index contributed by atoms with van der Waals surface area (Å²) in [6.45, 7) is 15.7. The van der Waals surface area contributed by atoms with Crippen molar-refractivity contribution in [1.29, 1.82) is 0 Å². The molecule has 0 bridgehead atoms. The summed E-state index contributed by atoms with van der Waals surface area (Å²) in [5, 5.41) is 0.276. The van der Waals surface area contributed by atoms with Crippen molar-refractivity contribution < 1.29 is 14.2 Å². The average Bonchev–Trinajstić information content (AvgIpc) is 2.71. The van der Waals surface area contributed by atoms with Gasteiger partial charge in [0.05, 0.1) is 0 Å². The van der Waals surface area contributed by atoms with Gasteiger partial charge in [-0.25, -0.2) is 0 Å². The van der Waals surface area contributed by atoms with Gasteiger partial charge in [0.2, 0.25) is 18.2 Å². The van der Waals surface area contributed by atoms with Gasteiger partial charge >= 0.3 is 0 Å².